The molecule has 0 bridgehead atoms. The van der Waals surface area contributed by atoms with E-state index in [0.717, 1.165) is 62.5 Å². The first-order chi connectivity index (χ1) is 19.6. The number of rotatable bonds is 8. The highest BCUT2D eigenvalue weighted by atomic mass is 79.9. The van der Waals surface area contributed by atoms with Crippen molar-refractivity contribution in [2.45, 2.75) is 17.9 Å². The molecule has 1 aromatic heterocycles. The molecule has 1 N–H and O–H groups in total. The summed E-state index contributed by atoms with van der Waals surface area (Å²) in [5, 5.41) is 16.4. The summed E-state index contributed by atoms with van der Waals surface area (Å²) in [6, 6.07) is 33.0. The monoisotopic (exact) mass is 596 g/mol. The zero-order valence-electron chi connectivity index (χ0n) is 22.6. The van der Waals surface area contributed by atoms with Gasteiger partial charge in [0.2, 0.25) is 5.88 Å². The number of fused-ring (bicyclic) bond motifs is 2. The van der Waals surface area contributed by atoms with Crippen LogP contribution in [-0.4, -0.2) is 54.9 Å². The number of aliphatic hydroxyl groups is 1. The second kappa shape index (κ2) is 11.7. The molecule has 40 heavy (non-hydrogen) atoms. The Morgan fingerprint density at radius 3 is 2.48 bits per heavy atom. The number of hydrogen-bond donors (Lipinski definition) is 1. The van der Waals surface area contributed by atoms with E-state index < -0.39 is 11.5 Å². The van der Waals surface area contributed by atoms with Gasteiger partial charge >= 0.3 is 0 Å². The van der Waals surface area contributed by atoms with Gasteiger partial charge in [-0.3, -0.25) is 4.90 Å². The van der Waals surface area contributed by atoms with Crippen LogP contribution < -0.4 is 4.74 Å². The van der Waals surface area contributed by atoms with Gasteiger partial charge < -0.3 is 14.6 Å². The van der Waals surface area contributed by atoms with Crippen molar-refractivity contribution in [2.24, 2.45) is 0 Å². The molecule has 0 radical (unpaired) electrons. The lowest BCUT2D eigenvalue weighted by atomic mass is 9.70. The first-order valence-corrected chi connectivity index (χ1v) is 14.6. The SMILES string of the molecule is COc1nc2ccc(Br)cc2cc1C(c1ccccc1)C(O)(CCN1CCOCC1)c1cccc2ccccc12. The minimum atomic E-state index is -1.27. The molecule has 1 aliphatic rings. The Morgan fingerprint density at radius 2 is 1.68 bits per heavy atom. The van der Waals surface area contributed by atoms with E-state index in [9.17, 15) is 5.11 Å². The van der Waals surface area contributed by atoms with Crippen LogP contribution in [0.2, 0.25) is 0 Å². The van der Waals surface area contributed by atoms with Crippen molar-refractivity contribution in [3.05, 3.63) is 118 Å². The van der Waals surface area contributed by atoms with Crippen molar-refractivity contribution >= 4 is 37.6 Å². The number of ether oxygens (including phenoxy) is 2. The van der Waals surface area contributed by atoms with Gasteiger partial charge in [0, 0.05) is 41.0 Å². The summed E-state index contributed by atoms with van der Waals surface area (Å²) in [7, 11) is 1.66. The standard InChI is InChI=1S/C34H33BrN2O3/c1-39-33-29(23-26-22-27(35)14-15-31(26)36-33)32(25-9-3-2-4-10-25)34(38,16-17-37-18-20-40-21-19-37)30-13-7-11-24-8-5-6-12-28(24)30/h2-15,22-23,32,38H,16-21H2,1H3. The van der Waals surface area contributed by atoms with Crippen LogP contribution in [0.4, 0.5) is 0 Å². The second-order valence-electron chi connectivity index (χ2n) is 10.4. The van der Waals surface area contributed by atoms with Crippen LogP contribution in [-0.2, 0) is 10.3 Å². The van der Waals surface area contributed by atoms with Gasteiger partial charge in [-0.25, -0.2) is 4.98 Å². The largest absolute Gasteiger partial charge is 0.481 e. The molecule has 0 amide bonds. The first-order valence-electron chi connectivity index (χ1n) is 13.8. The zero-order valence-corrected chi connectivity index (χ0v) is 24.2. The van der Waals surface area contributed by atoms with Gasteiger partial charge in [-0.15, -0.1) is 0 Å². The van der Waals surface area contributed by atoms with Gasteiger partial charge in [0.25, 0.3) is 0 Å². The summed E-state index contributed by atoms with van der Waals surface area (Å²) >= 11 is 3.62. The average Bonchev–Trinajstić information content (AvgIpc) is 3.00. The zero-order chi connectivity index (χ0) is 27.5. The molecule has 0 aliphatic carbocycles. The summed E-state index contributed by atoms with van der Waals surface area (Å²) in [4.78, 5) is 7.30. The molecule has 1 saturated heterocycles. The summed E-state index contributed by atoms with van der Waals surface area (Å²) in [6.07, 6.45) is 0.528. The smallest absolute Gasteiger partial charge is 0.217 e. The van der Waals surface area contributed by atoms with E-state index in [-0.39, 0.29) is 0 Å². The van der Waals surface area contributed by atoms with Crippen LogP contribution in [0.5, 0.6) is 5.88 Å². The minimum absolute atomic E-state index is 0.439. The second-order valence-corrected chi connectivity index (χ2v) is 11.3. The van der Waals surface area contributed by atoms with Crippen LogP contribution in [0.15, 0.2) is 102 Å². The van der Waals surface area contributed by atoms with Crippen LogP contribution in [0, 0.1) is 0 Å². The Labute approximate surface area is 243 Å². The summed E-state index contributed by atoms with van der Waals surface area (Å²) in [5.74, 6) is 0.0834. The lowest BCUT2D eigenvalue weighted by Gasteiger charge is -2.40. The van der Waals surface area contributed by atoms with Gasteiger partial charge in [0.15, 0.2) is 0 Å². The van der Waals surface area contributed by atoms with Crippen molar-refractivity contribution in [3.8, 4) is 5.88 Å². The van der Waals surface area contributed by atoms with E-state index in [0.29, 0.717) is 25.5 Å². The normalized spacial score (nSPS) is 16.6. The Kier molecular flexibility index (Phi) is 7.85. The number of morpholine rings is 1. The quantitative estimate of drug-likeness (QED) is 0.211. The van der Waals surface area contributed by atoms with Crippen LogP contribution in [0.3, 0.4) is 0 Å². The highest BCUT2D eigenvalue weighted by Gasteiger charge is 2.43. The molecule has 5 nitrogen and oxygen atoms in total. The van der Waals surface area contributed by atoms with Gasteiger partial charge in [-0.05, 0) is 52.6 Å². The number of benzene rings is 4. The molecule has 2 unspecified atom stereocenters. The predicted octanol–water partition coefficient (Wildman–Crippen LogP) is 6.90. The Morgan fingerprint density at radius 1 is 0.925 bits per heavy atom. The molecular formula is C34H33BrN2O3. The molecule has 1 aliphatic heterocycles. The molecule has 0 saturated carbocycles. The van der Waals surface area contributed by atoms with Crippen LogP contribution in [0.25, 0.3) is 21.7 Å². The van der Waals surface area contributed by atoms with Crippen molar-refractivity contribution in [1.29, 1.82) is 0 Å². The molecule has 5 aromatic rings. The predicted molar refractivity (Wildman–Crippen MR) is 164 cm³/mol. The number of aromatic nitrogens is 1. The highest BCUT2D eigenvalue weighted by Crippen LogP contribution is 2.49. The molecule has 6 rings (SSSR count). The Bertz CT molecular complexity index is 1620. The maximum absolute atomic E-state index is 13.3. The topological polar surface area (TPSA) is 54.8 Å². The third kappa shape index (κ3) is 5.25. The Hall–Kier alpha value is -3.29. The van der Waals surface area contributed by atoms with Crippen molar-refractivity contribution < 1.29 is 14.6 Å². The van der Waals surface area contributed by atoms with E-state index in [4.69, 9.17) is 14.5 Å². The molecule has 2 atom stereocenters. The van der Waals surface area contributed by atoms with Crippen LogP contribution in [0.1, 0.15) is 29.0 Å². The lowest BCUT2D eigenvalue weighted by molar-refractivity contribution is -0.0145. The molecule has 2 heterocycles. The maximum atomic E-state index is 13.3. The fourth-order valence-corrected chi connectivity index (χ4v) is 6.44. The van der Waals surface area contributed by atoms with Gasteiger partial charge in [0.05, 0.1) is 25.8 Å². The van der Waals surface area contributed by atoms with E-state index in [2.05, 4.69) is 69.4 Å². The number of hydrogen-bond acceptors (Lipinski definition) is 5. The van der Waals surface area contributed by atoms with E-state index in [1.807, 2.05) is 48.5 Å². The first kappa shape index (κ1) is 26.9. The van der Waals surface area contributed by atoms with Gasteiger partial charge in [-0.2, -0.15) is 0 Å². The number of methoxy groups -OCH3 is 1. The Balaban J connectivity index is 1.60. The number of nitrogens with zero attached hydrogens (tertiary/aromatic N) is 2. The summed E-state index contributed by atoms with van der Waals surface area (Å²) in [6.45, 7) is 3.88. The molecule has 204 valence electrons. The molecule has 1 fully saturated rings. The van der Waals surface area contributed by atoms with Gasteiger partial charge in [-0.1, -0.05) is 88.7 Å². The van der Waals surface area contributed by atoms with Gasteiger partial charge in [0.1, 0.15) is 5.60 Å². The highest BCUT2D eigenvalue weighted by molar-refractivity contribution is 9.10. The molecule has 0 spiro atoms. The van der Waals surface area contributed by atoms with Crippen LogP contribution >= 0.6 is 15.9 Å². The number of pyridine rings is 1. The third-order valence-electron chi connectivity index (χ3n) is 8.05. The van der Waals surface area contributed by atoms with Crippen molar-refractivity contribution in [3.63, 3.8) is 0 Å². The molecule has 4 aromatic carbocycles. The van der Waals surface area contributed by atoms with Crippen molar-refractivity contribution in [2.75, 3.05) is 40.0 Å². The molecule has 6 heteroatoms. The van der Waals surface area contributed by atoms with Crippen molar-refractivity contribution in [1.82, 2.24) is 9.88 Å². The average molecular weight is 598 g/mol. The summed E-state index contributed by atoms with van der Waals surface area (Å²) < 4.78 is 12.5. The van der Waals surface area contributed by atoms with E-state index >= 15 is 0 Å². The number of halogens is 1. The lowest BCUT2D eigenvalue weighted by Crippen LogP contribution is -2.42. The fraction of sp³-hybridized carbons (Fsp3) is 0.265. The summed E-state index contributed by atoms with van der Waals surface area (Å²) in [5.41, 5.74) is 2.35. The fourth-order valence-electron chi connectivity index (χ4n) is 6.07. The maximum Gasteiger partial charge on any atom is 0.217 e. The van der Waals surface area contributed by atoms with E-state index in [1.54, 1.807) is 7.11 Å². The van der Waals surface area contributed by atoms with E-state index in [1.165, 1.54) is 0 Å². The minimum Gasteiger partial charge on any atom is -0.481 e. The molecular weight excluding hydrogens is 564 g/mol. The third-order valence-corrected chi connectivity index (χ3v) is 8.55.